The molecule has 0 saturated heterocycles. The molecule has 3 heterocycles. The van der Waals surface area contributed by atoms with Crippen molar-refractivity contribution >= 4 is 17.3 Å². The topological polar surface area (TPSA) is 142 Å². The lowest BCUT2D eigenvalue weighted by molar-refractivity contribution is -0.385. The van der Waals surface area contributed by atoms with Crippen LogP contribution < -0.4 is 5.32 Å². The fraction of sp³-hybridized carbons (Fsp3) is 0.0588. The highest BCUT2D eigenvalue weighted by molar-refractivity contribution is 5.90. The fourth-order valence-electron chi connectivity index (χ4n) is 2.42. The first-order valence-electron chi connectivity index (χ1n) is 8.03. The molecule has 0 saturated carbocycles. The van der Waals surface area contributed by atoms with E-state index in [4.69, 9.17) is 8.94 Å². The lowest BCUT2D eigenvalue weighted by atomic mass is 10.2. The van der Waals surface area contributed by atoms with Crippen LogP contribution in [0.1, 0.15) is 0 Å². The van der Waals surface area contributed by atoms with Crippen LogP contribution in [0.15, 0.2) is 64.0 Å². The normalized spacial score (nSPS) is 10.7. The third-order valence-corrected chi connectivity index (χ3v) is 3.72. The number of hydrogen-bond acceptors (Lipinski definition) is 8. The standard InChI is InChI=1S/C17H12N6O5/c24-15(10-22-9-13(8-18-22)23(25)26)19-12-5-3-11(4-6-12)16-20-17(28-21-16)14-2-1-7-27-14/h1-9H,10H2,(H,19,24). The van der Waals surface area contributed by atoms with Crippen LogP contribution in [-0.4, -0.2) is 30.8 Å². The van der Waals surface area contributed by atoms with Gasteiger partial charge in [0.25, 0.3) is 5.89 Å². The average Bonchev–Trinajstić information content (AvgIpc) is 3.43. The van der Waals surface area contributed by atoms with Gasteiger partial charge in [-0.3, -0.25) is 19.6 Å². The lowest BCUT2D eigenvalue weighted by Gasteiger charge is -2.05. The number of nitrogens with zero attached hydrogens (tertiary/aromatic N) is 5. The maximum atomic E-state index is 12.1. The van der Waals surface area contributed by atoms with Crippen molar-refractivity contribution < 1.29 is 18.7 Å². The molecule has 0 aliphatic rings. The van der Waals surface area contributed by atoms with Crippen molar-refractivity contribution in [3.05, 3.63) is 65.2 Å². The molecule has 3 aromatic heterocycles. The number of anilines is 1. The number of rotatable bonds is 6. The number of benzene rings is 1. The van der Waals surface area contributed by atoms with E-state index in [-0.39, 0.29) is 24.0 Å². The van der Waals surface area contributed by atoms with Gasteiger partial charge < -0.3 is 14.3 Å². The van der Waals surface area contributed by atoms with Gasteiger partial charge in [0.15, 0.2) is 5.76 Å². The summed E-state index contributed by atoms with van der Waals surface area (Å²) < 4.78 is 11.6. The molecule has 1 amide bonds. The predicted molar refractivity (Wildman–Crippen MR) is 94.9 cm³/mol. The zero-order chi connectivity index (χ0) is 19.5. The van der Waals surface area contributed by atoms with Crippen LogP contribution in [-0.2, 0) is 11.3 Å². The van der Waals surface area contributed by atoms with Crippen LogP contribution in [0, 0.1) is 10.1 Å². The van der Waals surface area contributed by atoms with E-state index >= 15 is 0 Å². The molecule has 0 aliphatic carbocycles. The summed E-state index contributed by atoms with van der Waals surface area (Å²) in [7, 11) is 0. The molecule has 0 bridgehead atoms. The van der Waals surface area contributed by atoms with Gasteiger partial charge in [-0.25, -0.2) is 0 Å². The zero-order valence-electron chi connectivity index (χ0n) is 14.2. The van der Waals surface area contributed by atoms with Crippen LogP contribution in [0.3, 0.4) is 0 Å². The van der Waals surface area contributed by atoms with Crippen molar-refractivity contribution in [3.63, 3.8) is 0 Å². The summed E-state index contributed by atoms with van der Waals surface area (Å²) in [5, 5.41) is 21.0. The van der Waals surface area contributed by atoms with E-state index in [2.05, 4.69) is 20.6 Å². The largest absolute Gasteiger partial charge is 0.459 e. The second kappa shape index (κ2) is 7.15. The van der Waals surface area contributed by atoms with Gasteiger partial charge in [0.1, 0.15) is 18.9 Å². The number of furan rings is 1. The van der Waals surface area contributed by atoms with E-state index in [1.54, 1.807) is 36.4 Å². The minimum absolute atomic E-state index is 0.146. The molecule has 1 N–H and O–H groups in total. The van der Waals surface area contributed by atoms with Crippen LogP contribution >= 0.6 is 0 Å². The van der Waals surface area contributed by atoms with Crippen LogP contribution in [0.4, 0.5) is 11.4 Å². The highest BCUT2D eigenvalue weighted by Gasteiger charge is 2.14. The Morgan fingerprint density at radius 2 is 2.07 bits per heavy atom. The summed E-state index contributed by atoms with van der Waals surface area (Å²) in [6, 6.07) is 10.3. The number of nitrogens with one attached hydrogen (secondary N) is 1. The monoisotopic (exact) mass is 380 g/mol. The Hall–Kier alpha value is -4.28. The molecule has 140 valence electrons. The second-order valence-electron chi connectivity index (χ2n) is 5.68. The van der Waals surface area contributed by atoms with Gasteiger partial charge in [0.2, 0.25) is 11.7 Å². The molecule has 11 nitrogen and oxygen atoms in total. The van der Waals surface area contributed by atoms with Crippen LogP contribution in [0.25, 0.3) is 23.0 Å². The van der Waals surface area contributed by atoms with Crippen LogP contribution in [0.2, 0.25) is 0 Å². The predicted octanol–water partition coefficient (Wildman–Crippen LogP) is 2.74. The molecule has 0 unspecified atom stereocenters. The Morgan fingerprint density at radius 1 is 1.25 bits per heavy atom. The Labute approximate surface area is 156 Å². The van der Waals surface area contributed by atoms with Gasteiger partial charge in [0.05, 0.1) is 11.2 Å². The van der Waals surface area contributed by atoms with Crippen molar-refractivity contribution in [2.45, 2.75) is 6.54 Å². The first kappa shape index (κ1) is 17.1. The van der Waals surface area contributed by atoms with Gasteiger partial charge in [-0.1, -0.05) is 5.16 Å². The molecule has 1 aromatic carbocycles. The number of carbonyl (C=O) groups is 1. The molecule has 28 heavy (non-hydrogen) atoms. The number of amides is 1. The number of aromatic nitrogens is 4. The summed E-state index contributed by atoms with van der Waals surface area (Å²) in [6.07, 6.45) is 3.79. The summed E-state index contributed by atoms with van der Waals surface area (Å²) in [5.41, 5.74) is 1.07. The minimum atomic E-state index is -0.574. The molecule has 11 heteroatoms. The summed E-state index contributed by atoms with van der Waals surface area (Å²) in [4.78, 5) is 26.4. The quantitative estimate of drug-likeness (QED) is 0.397. The molecule has 0 aliphatic heterocycles. The molecule has 4 rings (SSSR count). The maximum absolute atomic E-state index is 12.1. The summed E-state index contributed by atoms with van der Waals surface area (Å²) in [5.74, 6) is 0.755. The lowest BCUT2D eigenvalue weighted by Crippen LogP contribution is -2.18. The van der Waals surface area contributed by atoms with E-state index in [0.29, 0.717) is 22.8 Å². The Kier molecular flexibility index (Phi) is 4.38. The molecule has 0 spiro atoms. The van der Waals surface area contributed by atoms with E-state index in [9.17, 15) is 14.9 Å². The number of carbonyl (C=O) groups excluding carboxylic acids is 1. The van der Waals surface area contributed by atoms with Gasteiger partial charge in [0, 0.05) is 11.3 Å². The van der Waals surface area contributed by atoms with Gasteiger partial charge in [-0.05, 0) is 36.4 Å². The van der Waals surface area contributed by atoms with E-state index in [1.807, 2.05) is 0 Å². The third kappa shape index (κ3) is 3.62. The summed E-state index contributed by atoms with van der Waals surface area (Å²) >= 11 is 0. The Morgan fingerprint density at radius 3 is 2.75 bits per heavy atom. The SMILES string of the molecule is O=C(Cn1cc([N+](=O)[O-])cn1)Nc1ccc(-c2noc(-c3ccco3)n2)cc1. The van der Waals surface area contributed by atoms with Crippen molar-refractivity contribution in [3.8, 4) is 23.0 Å². The van der Waals surface area contributed by atoms with Gasteiger partial charge in [-0.15, -0.1) is 0 Å². The van der Waals surface area contributed by atoms with Crippen molar-refractivity contribution in [1.29, 1.82) is 0 Å². The number of nitro groups is 1. The van der Waals surface area contributed by atoms with Crippen LogP contribution in [0.5, 0.6) is 0 Å². The van der Waals surface area contributed by atoms with E-state index < -0.39 is 4.92 Å². The molecular formula is C17H12N6O5. The van der Waals surface area contributed by atoms with E-state index in [1.165, 1.54) is 17.1 Å². The third-order valence-electron chi connectivity index (χ3n) is 3.72. The van der Waals surface area contributed by atoms with Gasteiger partial charge in [-0.2, -0.15) is 10.1 Å². The Balaban J connectivity index is 1.40. The highest BCUT2D eigenvalue weighted by Crippen LogP contribution is 2.23. The molecular weight excluding hydrogens is 368 g/mol. The van der Waals surface area contributed by atoms with Crippen molar-refractivity contribution in [2.75, 3.05) is 5.32 Å². The maximum Gasteiger partial charge on any atom is 0.307 e. The average molecular weight is 380 g/mol. The van der Waals surface area contributed by atoms with Crippen molar-refractivity contribution in [1.82, 2.24) is 19.9 Å². The molecule has 4 aromatic rings. The molecule has 0 radical (unpaired) electrons. The number of hydrogen-bond donors (Lipinski definition) is 1. The smallest absolute Gasteiger partial charge is 0.307 e. The minimum Gasteiger partial charge on any atom is -0.459 e. The molecule has 0 fully saturated rings. The fourth-order valence-corrected chi connectivity index (χ4v) is 2.42. The highest BCUT2D eigenvalue weighted by atomic mass is 16.6. The summed E-state index contributed by atoms with van der Waals surface area (Å²) in [6.45, 7) is -0.146. The first-order valence-corrected chi connectivity index (χ1v) is 8.03. The second-order valence-corrected chi connectivity index (χ2v) is 5.68. The molecule has 0 atom stereocenters. The zero-order valence-corrected chi connectivity index (χ0v) is 14.2. The van der Waals surface area contributed by atoms with Gasteiger partial charge >= 0.3 is 5.69 Å². The first-order chi connectivity index (χ1) is 13.6. The van der Waals surface area contributed by atoms with Crippen molar-refractivity contribution in [2.24, 2.45) is 0 Å². The van der Waals surface area contributed by atoms with E-state index in [0.717, 1.165) is 6.20 Å². The Bertz CT molecular complexity index is 1110.